The Bertz CT molecular complexity index is 1040. The summed E-state index contributed by atoms with van der Waals surface area (Å²) in [5.41, 5.74) is 9.27. The lowest BCUT2D eigenvalue weighted by Crippen LogP contribution is -2.29. The van der Waals surface area contributed by atoms with Gasteiger partial charge in [-0.3, -0.25) is 0 Å². The van der Waals surface area contributed by atoms with Gasteiger partial charge in [0, 0.05) is 10.9 Å². The molecular weight excluding hydrogens is 369 g/mol. The SMILES string of the molecule is CC1(C)COC(COc2ccc(B(O)O)cc2-c2ccc3c(N)cnnc3c2)C1. The van der Waals surface area contributed by atoms with Gasteiger partial charge in [0.15, 0.2) is 0 Å². The van der Waals surface area contributed by atoms with Crippen molar-refractivity contribution < 1.29 is 19.5 Å². The smallest absolute Gasteiger partial charge is 0.488 e. The molecule has 1 saturated heterocycles. The number of nitrogen functional groups attached to an aromatic ring is 1. The van der Waals surface area contributed by atoms with Crippen molar-refractivity contribution in [1.82, 2.24) is 10.2 Å². The van der Waals surface area contributed by atoms with E-state index in [4.69, 9.17) is 15.2 Å². The molecule has 1 fully saturated rings. The van der Waals surface area contributed by atoms with Crippen LogP contribution in [-0.4, -0.2) is 46.7 Å². The van der Waals surface area contributed by atoms with E-state index >= 15 is 0 Å². The van der Waals surface area contributed by atoms with E-state index in [1.165, 1.54) is 6.20 Å². The molecule has 29 heavy (non-hydrogen) atoms. The number of ether oxygens (including phenoxy) is 2. The summed E-state index contributed by atoms with van der Waals surface area (Å²) in [5.74, 6) is 0.638. The Morgan fingerprint density at radius 3 is 2.79 bits per heavy atom. The third-order valence-electron chi connectivity index (χ3n) is 5.20. The van der Waals surface area contributed by atoms with E-state index < -0.39 is 7.12 Å². The van der Waals surface area contributed by atoms with Crippen molar-refractivity contribution in [3.63, 3.8) is 0 Å². The second-order valence-electron chi connectivity index (χ2n) is 8.27. The van der Waals surface area contributed by atoms with E-state index in [1.807, 2.05) is 18.2 Å². The third kappa shape index (κ3) is 4.19. The van der Waals surface area contributed by atoms with Gasteiger partial charge in [-0.2, -0.15) is 10.2 Å². The Labute approximate surface area is 169 Å². The van der Waals surface area contributed by atoms with Crippen LogP contribution in [0.3, 0.4) is 0 Å². The molecule has 2 heterocycles. The molecular formula is C21H24BN3O4. The molecule has 1 atom stereocenters. The maximum absolute atomic E-state index is 9.61. The number of nitrogens with two attached hydrogens (primary N) is 1. The van der Waals surface area contributed by atoms with Crippen LogP contribution in [0.15, 0.2) is 42.6 Å². The first-order valence-electron chi connectivity index (χ1n) is 9.58. The molecule has 0 radical (unpaired) electrons. The lowest BCUT2D eigenvalue weighted by atomic mass is 9.79. The van der Waals surface area contributed by atoms with Crippen LogP contribution in [0.2, 0.25) is 0 Å². The first-order valence-corrected chi connectivity index (χ1v) is 9.58. The van der Waals surface area contributed by atoms with Crippen LogP contribution in [0.25, 0.3) is 22.0 Å². The lowest BCUT2D eigenvalue weighted by molar-refractivity contribution is 0.0628. The highest BCUT2D eigenvalue weighted by molar-refractivity contribution is 6.58. The molecule has 0 aliphatic carbocycles. The fourth-order valence-electron chi connectivity index (χ4n) is 3.68. The molecule has 2 aromatic carbocycles. The Morgan fingerprint density at radius 2 is 2.07 bits per heavy atom. The number of hydrogen-bond donors (Lipinski definition) is 3. The van der Waals surface area contributed by atoms with Crippen LogP contribution in [0.4, 0.5) is 5.69 Å². The van der Waals surface area contributed by atoms with Gasteiger partial charge in [-0.15, -0.1) is 0 Å². The number of hydrogen-bond acceptors (Lipinski definition) is 7. The van der Waals surface area contributed by atoms with Crippen LogP contribution < -0.4 is 15.9 Å². The van der Waals surface area contributed by atoms with Crippen molar-refractivity contribution in [2.45, 2.75) is 26.4 Å². The van der Waals surface area contributed by atoms with Gasteiger partial charge in [0.1, 0.15) is 12.4 Å². The molecule has 4 rings (SSSR count). The topological polar surface area (TPSA) is 111 Å². The lowest BCUT2D eigenvalue weighted by Gasteiger charge is -2.17. The number of anilines is 1. The highest BCUT2D eigenvalue weighted by atomic mass is 16.5. The summed E-state index contributed by atoms with van der Waals surface area (Å²) in [7, 11) is -1.57. The van der Waals surface area contributed by atoms with Gasteiger partial charge in [-0.1, -0.05) is 32.0 Å². The van der Waals surface area contributed by atoms with Crippen LogP contribution in [-0.2, 0) is 4.74 Å². The van der Waals surface area contributed by atoms with E-state index in [2.05, 4.69) is 24.0 Å². The van der Waals surface area contributed by atoms with Crippen LogP contribution >= 0.6 is 0 Å². The van der Waals surface area contributed by atoms with Crippen molar-refractivity contribution in [3.05, 3.63) is 42.6 Å². The molecule has 1 aromatic heterocycles. The van der Waals surface area contributed by atoms with Crippen molar-refractivity contribution >= 4 is 29.2 Å². The predicted octanol–water partition coefficient (Wildman–Crippen LogP) is 1.75. The third-order valence-corrected chi connectivity index (χ3v) is 5.20. The van der Waals surface area contributed by atoms with E-state index in [0.717, 1.165) is 22.9 Å². The molecule has 4 N–H and O–H groups in total. The molecule has 3 aromatic rings. The minimum Gasteiger partial charge on any atom is -0.490 e. The Balaban J connectivity index is 1.68. The van der Waals surface area contributed by atoms with Gasteiger partial charge < -0.3 is 25.3 Å². The van der Waals surface area contributed by atoms with Gasteiger partial charge in [0.05, 0.1) is 30.1 Å². The molecule has 8 heteroatoms. The fraction of sp³-hybridized carbons (Fsp3) is 0.333. The first kappa shape index (κ1) is 19.6. The normalized spacial score (nSPS) is 18.1. The molecule has 0 amide bonds. The number of rotatable bonds is 5. The fourth-order valence-corrected chi connectivity index (χ4v) is 3.68. The highest BCUT2D eigenvalue weighted by Gasteiger charge is 2.32. The maximum Gasteiger partial charge on any atom is 0.488 e. The average Bonchev–Trinajstić information content (AvgIpc) is 3.05. The van der Waals surface area contributed by atoms with Gasteiger partial charge in [-0.25, -0.2) is 0 Å². The van der Waals surface area contributed by atoms with Gasteiger partial charge in [-0.05, 0) is 41.1 Å². The summed E-state index contributed by atoms with van der Waals surface area (Å²) in [5, 5.41) is 28.1. The zero-order valence-corrected chi connectivity index (χ0v) is 16.5. The molecule has 150 valence electrons. The summed E-state index contributed by atoms with van der Waals surface area (Å²) in [4.78, 5) is 0. The second kappa shape index (κ2) is 7.63. The summed E-state index contributed by atoms with van der Waals surface area (Å²) < 4.78 is 11.9. The van der Waals surface area contributed by atoms with E-state index in [1.54, 1.807) is 18.2 Å². The zero-order valence-electron chi connectivity index (χ0n) is 16.5. The van der Waals surface area contributed by atoms with Crippen molar-refractivity contribution in [1.29, 1.82) is 0 Å². The number of aromatic nitrogens is 2. The monoisotopic (exact) mass is 393 g/mol. The van der Waals surface area contributed by atoms with Gasteiger partial charge in [0.2, 0.25) is 0 Å². The summed E-state index contributed by atoms with van der Waals surface area (Å²) in [6, 6.07) is 10.7. The Kier molecular flexibility index (Phi) is 5.16. The minimum atomic E-state index is -1.57. The number of fused-ring (bicyclic) bond motifs is 1. The minimum absolute atomic E-state index is 0.0308. The summed E-state index contributed by atoms with van der Waals surface area (Å²) >= 11 is 0. The van der Waals surface area contributed by atoms with E-state index in [-0.39, 0.29) is 11.5 Å². The first-order chi connectivity index (χ1) is 13.8. The molecule has 7 nitrogen and oxygen atoms in total. The van der Waals surface area contributed by atoms with E-state index in [9.17, 15) is 10.0 Å². The standard InChI is InChI=1S/C21H24BN3O4/c1-21(2)9-15(29-12-21)11-28-20-6-4-14(22(26)27)8-17(20)13-3-5-16-18(23)10-24-25-19(16)7-13/h3-8,10,15,26-27H,9,11-12H2,1-2H3,(H2,23,25). The molecule has 0 saturated carbocycles. The van der Waals surface area contributed by atoms with Gasteiger partial charge in [0.25, 0.3) is 0 Å². The van der Waals surface area contributed by atoms with Crippen LogP contribution in [0, 0.1) is 5.41 Å². The highest BCUT2D eigenvalue weighted by Crippen LogP contribution is 2.34. The maximum atomic E-state index is 9.61. The summed E-state index contributed by atoms with van der Waals surface area (Å²) in [6.07, 6.45) is 2.48. The zero-order chi connectivity index (χ0) is 20.6. The van der Waals surface area contributed by atoms with Crippen molar-refractivity contribution in [2.75, 3.05) is 18.9 Å². The quantitative estimate of drug-likeness (QED) is 0.567. The van der Waals surface area contributed by atoms with E-state index in [0.29, 0.717) is 35.6 Å². The number of nitrogens with zero attached hydrogens (tertiary/aromatic N) is 2. The number of benzene rings is 2. The van der Waals surface area contributed by atoms with Crippen molar-refractivity contribution in [3.8, 4) is 16.9 Å². The molecule has 0 bridgehead atoms. The predicted molar refractivity (Wildman–Crippen MR) is 113 cm³/mol. The Morgan fingerprint density at radius 1 is 1.24 bits per heavy atom. The van der Waals surface area contributed by atoms with Crippen LogP contribution in [0.5, 0.6) is 5.75 Å². The summed E-state index contributed by atoms with van der Waals surface area (Å²) in [6.45, 7) is 5.50. The largest absolute Gasteiger partial charge is 0.490 e. The molecule has 1 aliphatic rings. The average molecular weight is 393 g/mol. The Hall–Kier alpha value is -2.68. The van der Waals surface area contributed by atoms with Crippen LogP contribution in [0.1, 0.15) is 20.3 Å². The van der Waals surface area contributed by atoms with Gasteiger partial charge >= 0.3 is 7.12 Å². The second-order valence-corrected chi connectivity index (χ2v) is 8.27. The molecule has 0 spiro atoms. The van der Waals surface area contributed by atoms with Crippen molar-refractivity contribution in [2.24, 2.45) is 5.41 Å². The molecule has 1 unspecified atom stereocenters. The molecule has 1 aliphatic heterocycles.